The van der Waals surface area contributed by atoms with Gasteiger partial charge in [-0.25, -0.2) is 13.1 Å². The van der Waals surface area contributed by atoms with Crippen LogP contribution in [0.3, 0.4) is 0 Å². The standard InChI is InChI=1S/C13H18N2O6S/c1-10-6-7-11(9-12(10)15(18)19)22(20,21)14-8-4-2-3-5-13(16)17/h6-7,9,14H,2-5,8H2,1H3,(H,16,17). The van der Waals surface area contributed by atoms with E-state index in [1.165, 1.54) is 19.1 Å². The fraction of sp³-hybridized carbons (Fsp3) is 0.462. The van der Waals surface area contributed by atoms with Crippen molar-refractivity contribution >= 4 is 21.7 Å². The lowest BCUT2D eigenvalue weighted by molar-refractivity contribution is -0.385. The highest BCUT2D eigenvalue weighted by Crippen LogP contribution is 2.22. The maximum absolute atomic E-state index is 12.0. The topological polar surface area (TPSA) is 127 Å². The van der Waals surface area contributed by atoms with Crippen LogP contribution in [0.25, 0.3) is 0 Å². The maximum atomic E-state index is 12.0. The van der Waals surface area contributed by atoms with Crippen molar-refractivity contribution in [3.63, 3.8) is 0 Å². The first kappa shape index (κ1) is 18.1. The van der Waals surface area contributed by atoms with Gasteiger partial charge >= 0.3 is 5.97 Å². The number of nitro groups is 1. The third-order valence-corrected chi connectivity index (χ3v) is 4.51. The molecule has 122 valence electrons. The predicted octanol–water partition coefficient (Wildman–Crippen LogP) is 1.83. The summed E-state index contributed by atoms with van der Waals surface area (Å²) in [5, 5.41) is 19.3. The van der Waals surface area contributed by atoms with E-state index in [1.54, 1.807) is 0 Å². The maximum Gasteiger partial charge on any atom is 0.303 e. The second kappa shape index (κ2) is 7.85. The molecule has 0 saturated carbocycles. The summed E-state index contributed by atoms with van der Waals surface area (Å²) in [4.78, 5) is 20.4. The van der Waals surface area contributed by atoms with Crippen LogP contribution in [-0.4, -0.2) is 31.0 Å². The van der Waals surface area contributed by atoms with Crippen LogP contribution in [0.4, 0.5) is 5.69 Å². The van der Waals surface area contributed by atoms with Gasteiger partial charge in [0.1, 0.15) is 0 Å². The number of nitro benzene ring substituents is 1. The first-order chi connectivity index (χ1) is 10.2. The fourth-order valence-electron chi connectivity index (χ4n) is 1.82. The summed E-state index contributed by atoms with van der Waals surface area (Å²) < 4.78 is 26.4. The first-order valence-corrected chi connectivity index (χ1v) is 8.19. The molecule has 0 aliphatic heterocycles. The van der Waals surface area contributed by atoms with E-state index in [0.29, 0.717) is 24.8 Å². The highest BCUT2D eigenvalue weighted by atomic mass is 32.2. The van der Waals surface area contributed by atoms with Crippen LogP contribution >= 0.6 is 0 Å². The first-order valence-electron chi connectivity index (χ1n) is 6.70. The smallest absolute Gasteiger partial charge is 0.303 e. The molecule has 8 nitrogen and oxygen atoms in total. The van der Waals surface area contributed by atoms with Gasteiger partial charge in [0.2, 0.25) is 10.0 Å². The number of rotatable bonds is 9. The van der Waals surface area contributed by atoms with Crippen molar-refractivity contribution in [1.82, 2.24) is 4.72 Å². The third kappa shape index (κ3) is 5.41. The van der Waals surface area contributed by atoms with Crippen LogP contribution in [0.2, 0.25) is 0 Å². The Morgan fingerprint density at radius 1 is 1.32 bits per heavy atom. The summed E-state index contributed by atoms with van der Waals surface area (Å²) in [6, 6.07) is 3.73. The molecule has 1 aromatic rings. The molecule has 0 amide bonds. The molecule has 9 heteroatoms. The number of aliphatic carboxylic acids is 1. The van der Waals surface area contributed by atoms with Crippen molar-refractivity contribution in [3.8, 4) is 0 Å². The molecule has 0 aliphatic rings. The zero-order valence-corrected chi connectivity index (χ0v) is 12.9. The van der Waals surface area contributed by atoms with Gasteiger partial charge in [0.05, 0.1) is 9.82 Å². The lowest BCUT2D eigenvalue weighted by Crippen LogP contribution is -2.25. The highest BCUT2D eigenvalue weighted by molar-refractivity contribution is 7.89. The van der Waals surface area contributed by atoms with E-state index in [9.17, 15) is 23.3 Å². The van der Waals surface area contributed by atoms with Gasteiger partial charge in [-0.15, -0.1) is 0 Å². The Hall–Kier alpha value is -2.00. The van der Waals surface area contributed by atoms with Crippen LogP contribution in [0.1, 0.15) is 31.2 Å². The van der Waals surface area contributed by atoms with Crippen LogP contribution in [0, 0.1) is 17.0 Å². The minimum Gasteiger partial charge on any atom is -0.481 e. The Morgan fingerprint density at radius 2 is 2.00 bits per heavy atom. The molecule has 0 unspecified atom stereocenters. The number of hydrogen-bond acceptors (Lipinski definition) is 5. The zero-order valence-electron chi connectivity index (χ0n) is 12.1. The SMILES string of the molecule is Cc1ccc(S(=O)(=O)NCCCCCC(=O)O)cc1[N+](=O)[O-]. The van der Waals surface area contributed by atoms with Crippen LogP contribution in [0.5, 0.6) is 0 Å². The number of unbranched alkanes of at least 4 members (excludes halogenated alkanes) is 2. The number of nitrogens with zero attached hydrogens (tertiary/aromatic N) is 1. The Labute approximate surface area is 128 Å². The van der Waals surface area contributed by atoms with Gasteiger partial charge in [-0.2, -0.15) is 0 Å². The number of sulfonamides is 1. The van der Waals surface area contributed by atoms with Gasteiger partial charge in [0.15, 0.2) is 0 Å². The Balaban J connectivity index is 2.61. The van der Waals surface area contributed by atoms with Crippen molar-refractivity contribution in [2.45, 2.75) is 37.5 Å². The van der Waals surface area contributed by atoms with Crippen molar-refractivity contribution in [1.29, 1.82) is 0 Å². The Bertz CT molecular complexity index is 656. The lowest BCUT2D eigenvalue weighted by Gasteiger charge is -2.07. The molecule has 0 saturated heterocycles. The average molecular weight is 330 g/mol. The van der Waals surface area contributed by atoms with E-state index < -0.39 is 20.9 Å². The summed E-state index contributed by atoms with van der Waals surface area (Å²) in [5.41, 5.74) is 0.141. The van der Waals surface area contributed by atoms with E-state index in [0.717, 1.165) is 6.07 Å². The van der Waals surface area contributed by atoms with Gasteiger partial charge in [-0.05, 0) is 25.8 Å². The molecule has 2 N–H and O–H groups in total. The average Bonchev–Trinajstić information content (AvgIpc) is 2.42. The van der Waals surface area contributed by atoms with E-state index in [4.69, 9.17) is 5.11 Å². The van der Waals surface area contributed by atoms with Gasteiger partial charge < -0.3 is 5.11 Å². The molecular formula is C13H18N2O6S. The largest absolute Gasteiger partial charge is 0.481 e. The number of aryl methyl sites for hydroxylation is 1. The van der Waals surface area contributed by atoms with Crippen molar-refractivity contribution in [3.05, 3.63) is 33.9 Å². The van der Waals surface area contributed by atoms with Crippen molar-refractivity contribution in [2.24, 2.45) is 0 Å². The molecular weight excluding hydrogens is 312 g/mol. The monoisotopic (exact) mass is 330 g/mol. The molecule has 1 rings (SSSR count). The molecule has 0 atom stereocenters. The van der Waals surface area contributed by atoms with E-state index in [1.807, 2.05) is 0 Å². The molecule has 0 fully saturated rings. The summed E-state index contributed by atoms with van der Waals surface area (Å²) in [6.07, 6.45) is 1.62. The number of carboxylic acids is 1. The number of carboxylic acid groups (broad SMARTS) is 1. The molecule has 0 aromatic heterocycles. The molecule has 0 heterocycles. The third-order valence-electron chi connectivity index (χ3n) is 3.05. The van der Waals surface area contributed by atoms with Crippen molar-refractivity contribution < 1.29 is 23.2 Å². The molecule has 22 heavy (non-hydrogen) atoms. The highest BCUT2D eigenvalue weighted by Gasteiger charge is 2.19. The van der Waals surface area contributed by atoms with Crippen LogP contribution < -0.4 is 4.72 Å². The van der Waals surface area contributed by atoms with Crippen LogP contribution in [0.15, 0.2) is 23.1 Å². The van der Waals surface area contributed by atoms with Gasteiger partial charge in [0.25, 0.3) is 5.69 Å². The summed E-state index contributed by atoms with van der Waals surface area (Å²) in [5.74, 6) is -0.882. The number of hydrogen-bond donors (Lipinski definition) is 2. The molecule has 0 bridgehead atoms. The molecule has 1 aromatic carbocycles. The molecule has 0 aliphatic carbocycles. The van der Waals surface area contributed by atoms with Gasteiger partial charge in [-0.1, -0.05) is 12.5 Å². The number of carbonyl (C=O) groups is 1. The minimum atomic E-state index is -3.81. The Kier molecular flexibility index (Phi) is 6.44. The van der Waals surface area contributed by atoms with Crippen LogP contribution in [-0.2, 0) is 14.8 Å². The normalized spacial score (nSPS) is 11.3. The summed E-state index contributed by atoms with van der Waals surface area (Å²) in [7, 11) is -3.81. The quantitative estimate of drug-likeness (QED) is 0.404. The summed E-state index contributed by atoms with van der Waals surface area (Å²) >= 11 is 0. The number of benzene rings is 1. The summed E-state index contributed by atoms with van der Waals surface area (Å²) in [6.45, 7) is 1.69. The molecule has 0 radical (unpaired) electrons. The van der Waals surface area contributed by atoms with Gasteiger partial charge in [0, 0.05) is 24.6 Å². The second-order valence-corrected chi connectivity index (χ2v) is 6.57. The molecule has 0 spiro atoms. The van der Waals surface area contributed by atoms with Crippen molar-refractivity contribution in [2.75, 3.05) is 6.54 Å². The lowest BCUT2D eigenvalue weighted by atomic mass is 10.2. The number of nitrogens with one attached hydrogen (secondary N) is 1. The second-order valence-electron chi connectivity index (χ2n) is 4.81. The van der Waals surface area contributed by atoms with E-state index >= 15 is 0 Å². The van der Waals surface area contributed by atoms with E-state index in [-0.39, 0.29) is 23.5 Å². The predicted molar refractivity (Wildman–Crippen MR) is 79.1 cm³/mol. The Morgan fingerprint density at radius 3 is 2.59 bits per heavy atom. The van der Waals surface area contributed by atoms with Gasteiger partial charge in [-0.3, -0.25) is 14.9 Å². The fourth-order valence-corrected chi connectivity index (χ4v) is 2.91. The van der Waals surface area contributed by atoms with E-state index in [2.05, 4.69) is 4.72 Å². The zero-order chi connectivity index (χ0) is 16.8. The minimum absolute atomic E-state index is 0.0525.